The summed E-state index contributed by atoms with van der Waals surface area (Å²) >= 11 is 0. The summed E-state index contributed by atoms with van der Waals surface area (Å²) in [6, 6.07) is 19.5. The second-order valence-electron chi connectivity index (χ2n) is 7.58. The zero-order valence-corrected chi connectivity index (χ0v) is 16.6. The van der Waals surface area contributed by atoms with Crippen molar-refractivity contribution in [2.24, 2.45) is 11.8 Å². The quantitative estimate of drug-likeness (QED) is 0.334. The second-order valence-corrected chi connectivity index (χ2v) is 7.58. The van der Waals surface area contributed by atoms with Crippen molar-refractivity contribution in [3.8, 4) is 0 Å². The first kappa shape index (κ1) is 21.6. The van der Waals surface area contributed by atoms with E-state index < -0.39 is 11.8 Å². The molecule has 0 aliphatic carbocycles. The van der Waals surface area contributed by atoms with Gasteiger partial charge in [-0.2, -0.15) is 0 Å². The third kappa shape index (κ3) is 7.16. The van der Waals surface area contributed by atoms with E-state index in [-0.39, 0.29) is 18.4 Å². The summed E-state index contributed by atoms with van der Waals surface area (Å²) in [5, 5.41) is 12.1. The highest BCUT2D eigenvalue weighted by Crippen LogP contribution is 2.15. The Labute approximate surface area is 167 Å². The molecular weight excluding hydrogens is 352 g/mol. The van der Waals surface area contributed by atoms with Crippen LogP contribution in [0.1, 0.15) is 37.8 Å². The third-order valence-electron chi connectivity index (χ3n) is 4.75. The maximum absolute atomic E-state index is 12.9. The molecule has 2 amide bonds. The van der Waals surface area contributed by atoms with Crippen LogP contribution in [0.3, 0.4) is 0 Å². The summed E-state index contributed by atoms with van der Waals surface area (Å²) in [4.78, 5) is 25.0. The number of rotatable bonds is 10. The highest BCUT2D eigenvalue weighted by molar-refractivity contribution is 6.00. The summed E-state index contributed by atoms with van der Waals surface area (Å²) in [6.45, 7) is 4.23. The fraction of sp³-hybridized carbons (Fsp3) is 0.391. The van der Waals surface area contributed by atoms with Crippen molar-refractivity contribution in [1.29, 1.82) is 0 Å². The molecule has 0 bridgehead atoms. The molecule has 5 nitrogen and oxygen atoms in total. The van der Waals surface area contributed by atoms with Crippen LogP contribution in [0.2, 0.25) is 0 Å². The number of nitrogens with one attached hydrogen (secondary N) is 2. The standard InChI is InChI=1S/C23H30N2O3/c1-17(2)15-20(14-13-18-9-5-3-6-10-18)24-22(26)21(23(27)25-28)16-19-11-7-4-8-12-19/h3-12,17,20-21,28H,13-16H2,1-2H3,(H,24,26)(H,25,27). The molecule has 150 valence electrons. The van der Waals surface area contributed by atoms with Crippen LogP contribution in [0.25, 0.3) is 0 Å². The molecule has 0 radical (unpaired) electrons. The van der Waals surface area contributed by atoms with E-state index in [1.54, 1.807) is 5.48 Å². The van der Waals surface area contributed by atoms with Gasteiger partial charge in [-0.3, -0.25) is 14.8 Å². The molecule has 5 heteroatoms. The van der Waals surface area contributed by atoms with Gasteiger partial charge in [0.25, 0.3) is 5.91 Å². The highest BCUT2D eigenvalue weighted by Gasteiger charge is 2.28. The Bertz CT molecular complexity index is 732. The summed E-state index contributed by atoms with van der Waals surface area (Å²) in [6.07, 6.45) is 2.73. The maximum atomic E-state index is 12.9. The molecule has 2 aromatic carbocycles. The van der Waals surface area contributed by atoms with Crippen molar-refractivity contribution < 1.29 is 14.8 Å². The molecule has 0 aliphatic heterocycles. The van der Waals surface area contributed by atoms with Crippen LogP contribution in [0.5, 0.6) is 0 Å². The van der Waals surface area contributed by atoms with E-state index in [1.807, 2.05) is 48.5 Å². The molecule has 0 saturated heterocycles. The smallest absolute Gasteiger partial charge is 0.256 e. The fourth-order valence-electron chi connectivity index (χ4n) is 3.34. The van der Waals surface area contributed by atoms with Crippen molar-refractivity contribution >= 4 is 11.8 Å². The average Bonchev–Trinajstić information content (AvgIpc) is 2.70. The van der Waals surface area contributed by atoms with Crippen molar-refractivity contribution in [3.63, 3.8) is 0 Å². The fourth-order valence-corrected chi connectivity index (χ4v) is 3.34. The molecule has 3 N–H and O–H groups in total. The average molecular weight is 383 g/mol. The van der Waals surface area contributed by atoms with Crippen LogP contribution >= 0.6 is 0 Å². The van der Waals surface area contributed by atoms with Crippen LogP contribution < -0.4 is 10.8 Å². The Balaban J connectivity index is 2.05. The van der Waals surface area contributed by atoms with E-state index in [9.17, 15) is 9.59 Å². The number of carbonyl (C=O) groups excluding carboxylic acids is 2. The lowest BCUT2D eigenvalue weighted by Gasteiger charge is -2.23. The Hall–Kier alpha value is -2.66. The Morgan fingerprint density at radius 3 is 2.00 bits per heavy atom. The van der Waals surface area contributed by atoms with Gasteiger partial charge in [0.2, 0.25) is 5.91 Å². The Morgan fingerprint density at radius 2 is 1.46 bits per heavy atom. The molecule has 28 heavy (non-hydrogen) atoms. The van der Waals surface area contributed by atoms with Gasteiger partial charge in [-0.25, -0.2) is 5.48 Å². The van der Waals surface area contributed by atoms with Crippen LogP contribution in [-0.2, 0) is 22.4 Å². The van der Waals surface area contributed by atoms with Gasteiger partial charge in [0.05, 0.1) is 0 Å². The molecule has 2 atom stereocenters. The first-order valence-electron chi connectivity index (χ1n) is 9.81. The lowest BCUT2D eigenvalue weighted by Crippen LogP contribution is -2.46. The Kier molecular flexibility index (Phi) is 8.69. The predicted molar refractivity (Wildman–Crippen MR) is 110 cm³/mol. The molecule has 2 unspecified atom stereocenters. The summed E-state index contributed by atoms with van der Waals surface area (Å²) in [7, 11) is 0. The maximum Gasteiger partial charge on any atom is 0.256 e. The van der Waals surface area contributed by atoms with Gasteiger partial charge in [0, 0.05) is 6.04 Å². The summed E-state index contributed by atoms with van der Waals surface area (Å²) in [5.41, 5.74) is 3.73. The van der Waals surface area contributed by atoms with Crippen LogP contribution in [-0.4, -0.2) is 23.1 Å². The second kappa shape index (κ2) is 11.2. The van der Waals surface area contributed by atoms with E-state index in [0.29, 0.717) is 5.92 Å². The van der Waals surface area contributed by atoms with Crippen molar-refractivity contribution in [3.05, 3.63) is 71.8 Å². The van der Waals surface area contributed by atoms with Crippen molar-refractivity contribution in [2.45, 2.75) is 45.6 Å². The number of hydrogen-bond acceptors (Lipinski definition) is 3. The number of carbonyl (C=O) groups is 2. The van der Waals surface area contributed by atoms with E-state index >= 15 is 0 Å². The van der Waals surface area contributed by atoms with Gasteiger partial charge in [-0.1, -0.05) is 74.5 Å². The minimum absolute atomic E-state index is 0.0301. The van der Waals surface area contributed by atoms with Gasteiger partial charge < -0.3 is 5.32 Å². The van der Waals surface area contributed by atoms with Gasteiger partial charge in [0.15, 0.2) is 0 Å². The molecule has 0 fully saturated rings. The molecule has 0 saturated carbocycles. The van der Waals surface area contributed by atoms with Gasteiger partial charge in [-0.15, -0.1) is 0 Å². The highest BCUT2D eigenvalue weighted by atomic mass is 16.5. The number of hydrogen-bond donors (Lipinski definition) is 3. The van der Waals surface area contributed by atoms with Gasteiger partial charge in [0.1, 0.15) is 5.92 Å². The van der Waals surface area contributed by atoms with Crippen LogP contribution in [0.4, 0.5) is 0 Å². The third-order valence-corrected chi connectivity index (χ3v) is 4.75. The van der Waals surface area contributed by atoms with E-state index in [0.717, 1.165) is 24.8 Å². The van der Waals surface area contributed by atoms with Crippen LogP contribution in [0, 0.1) is 11.8 Å². The molecule has 0 heterocycles. The van der Waals surface area contributed by atoms with E-state index in [2.05, 4.69) is 31.3 Å². The zero-order valence-electron chi connectivity index (χ0n) is 16.6. The zero-order chi connectivity index (χ0) is 20.4. The largest absolute Gasteiger partial charge is 0.353 e. The molecule has 2 rings (SSSR count). The first-order chi connectivity index (χ1) is 13.5. The van der Waals surface area contributed by atoms with Gasteiger partial charge >= 0.3 is 0 Å². The normalized spacial score (nSPS) is 13.0. The minimum Gasteiger partial charge on any atom is -0.353 e. The van der Waals surface area contributed by atoms with Crippen molar-refractivity contribution in [1.82, 2.24) is 10.8 Å². The SMILES string of the molecule is CC(C)CC(CCc1ccccc1)NC(=O)C(Cc1ccccc1)C(=O)NO. The summed E-state index contributed by atoms with van der Waals surface area (Å²) < 4.78 is 0. The number of amides is 2. The Morgan fingerprint density at radius 1 is 0.893 bits per heavy atom. The number of aryl methyl sites for hydroxylation is 1. The van der Waals surface area contributed by atoms with E-state index in [4.69, 9.17) is 5.21 Å². The van der Waals surface area contributed by atoms with Gasteiger partial charge in [-0.05, 0) is 42.7 Å². The lowest BCUT2D eigenvalue weighted by atomic mass is 9.94. The topological polar surface area (TPSA) is 78.4 Å². The van der Waals surface area contributed by atoms with E-state index in [1.165, 1.54) is 5.56 Å². The molecular formula is C23H30N2O3. The molecule has 0 spiro atoms. The minimum atomic E-state index is -0.973. The molecule has 2 aromatic rings. The van der Waals surface area contributed by atoms with Crippen molar-refractivity contribution in [2.75, 3.05) is 0 Å². The monoisotopic (exact) mass is 382 g/mol. The van der Waals surface area contributed by atoms with Crippen LogP contribution in [0.15, 0.2) is 60.7 Å². The first-order valence-corrected chi connectivity index (χ1v) is 9.81. The number of benzene rings is 2. The molecule has 0 aromatic heterocycles. The summed E-state index contributed by atoms with van der Waals surface area (Å²) in [5.74, 6) is -1.60. The molecule has 0 aliphatic rings. The lowest BCUT2D eigenvalue weighted by molar-refractivity contribution is -0.141. The number of hydroxylamine groups is 1. The predicted octanol–water partition coefficient (Wildman–Crippen LogP) is 3.51.